The van der Waals surface area contributed by atoms with Gasteiger partial charge in [-0.15, -0.1) is 0 Å². The van der Waals surface area contributed by atoms with Crippen LogP contribution in [0, 0.1) is 21.4 Å². The van der Waals surface area contributed by atoms with Crippen LogP contribution in [0.3, 0.4) is 0 Å². The summed E-state index contributed by atoms with van der Waals surface area (Å²) in [7, 11) is 1.36. The van der Waals surface area contributed by atoms with E-state index in [0.717, 1.165) is 11.6 Å². The fraction of sp³-hybridized carbons (Fsp3) is 0.0833. The second kappa shape index (κ2) is 11.2. The monoisotopic (exact) mass is 497 g/mol. The number of hydrogen-bond acceptors (Lipinski definition) is 6. The zero-order valence-corrected chi connectivity index (χ0v) is 19.3. The van der Waals surface area contributed by atoms with Crippen LogP contribution < -0.4 is 14.8 Å². The van der Waals surface area contributed by atoms with E-state index in [1.807, 2.05) is 6.07 Å². The number of nitrogens with zero attached hydrogens (tertiary/aromatic N) is 2. The summed E-state index contributed by atoms with van der Waals surface area (Å²) in [4.78, 5) is 23.0. The van der Waals surface area contributed by atoms with Crippen LogP contribution in [0.15, 0.2) is 66.2 Å². The standard InChI is InChI=1S/C24H17Cl2N3O5/c1-33-23-9-6-19(29(31)32)12-22(23)28-24(30)17(13-27)10-15-2-7-20(8-3-15)34-14-16-4-5-18(25)11-21(16)26/h2-12H,14H2,1H3,(H,28,30)/b17-10+. The van der Waals surface area contributed by atoms with Crippen molar-refractivity contribution < 1.29 is 19.2 Å². The first-order valence-corrected chi connectivity index (χ1v) is 10.5. The number of amides is 1. The number of nitriles is 1. The highest BCUT2D eigenvalue weighted by molar-refractivity contribution is 6.35. The Morgan fingerprint density at radius 1 is 1.15 bits per heavy atom. The Balaban J connectivity index is 1.71. The third kappa shape index (κ3) is 6.25. The lowest BCUT2D eigenvalue weighted by molar-refractivity contribution is -0.384. The van der Waals surface area contributed by atoms with Gasteiger partial charge in [0.1, 0.15) is 29.7 Å². The van der Waals surface area contributed by atoms with Crippen LogP contribution in [0.4, 0.5) is 11.4 Å². The molecule has 0 saturated heterocycles. The van der Waals surface area contributed by atoms with E-state index >= 15 is 0 Å². The zero-order valence-electron chi connectivity index (χ0n) is 17.7. The van der Waals surface area contributed by atoms with Gasteiger partial charge in [0.25, 0.3) is 11.6 Å². The summed E-state index contributed by atoms with van der Waals surface area (Å²) in [6.07, 6.45) is 1.39. The second-order valence-electron chi connectivity index (χ2n) is 6.86. The van der Waals surface area contributed by atoms with Gasteiger partial charge in [-0.2, -0.15) is 5.26 Å². The van der Waals surface area contributed by atoms with Crippen molar-refractivity contribution in [2.75, 3.05) is 12.4 Å². The average Bonchev–Trinajstić information content (AvgIpc) is 2.82. The lowest BCUT2D eigenvalue weighted by Gasteiger charge is -2.10. The van der Waals surface area contributed by atoms with Crippen molar-refractivity contribution in [1.82, 2.24) is 0 Å². The number of hydrogen-bond donors (Lipinski definition) is 1. The molecule has 0 aliphatic rings. The minimum absolute atomic E-state index is 0.0764. The highest BCUT2D eigenvalue weighted by Crippen LogP contribution is 2.29. The molecule has 0 radical (unpaired) electrons. The van der Waals surface area contributed by atoms with Gasteiger partial charge in [0.05, 0.1) is 17.7 Å². The number of rotatable bonds is 8. The quantitative estimate of drug-likeness (QED) is 0.175. The molecule has 0 atom stereocenters. The Morgan fingerprint density at radius 3 is 2.50 bits per heavy atom. The van der Waals surface area contributed by atoms with E-state index in [2.05, 4.69) is 5.32 Å². The minimum atomic E-state index is -0.737. The molecule has 3 rings (SSSR count). The van der Waals surface area contributed by atoms with E-state index in [1.54, 1.807) is 42.5 Å². The largest absolute Gasteiger partial charge is 0.495 e. The molecule has 34 heavy (non-hydrogen) atoms. The minimum Gasteiger partial charge on any atom is -0.495 e. The van der Waals surface area contributed by atoms with Gasteiger partial charge in [-0.1, -0.05) is 41.4 Å². The van der Waals surface area contributed by atoms with Gasteiger partial charge in [0.15, 0.2) is 0 Å². The molecule has 1 N–H and O–H groups in total. The zero-order chi connectivity index (χ0) is 24.7. The summed E-state index contributed by atoms with van der Waals surface area (Å²) in [5.74, 6) is 0.0463. The topological polar surface area (TPSA) is 114 Å². The van der Waals surface area contributed by atoms with Crippen molar-refractivity contribution in [2.24, 2.45) is 0 Å². The molecule has 0 saturated carbocycles. The number of methoxy groups -OCH3 is 1. The van der Waals surface area contributed by atoms with Crippen molar-refractivity contribution in [3.63, 3.8) is 0 Å². The number of anilines is 1. The SMILES string of the molecule is COc1ccc([N+](=O)[O-])cc1NC(=O)/C(C#N)=C/c1ccc(OCc2ccc(Cl)cc2Cl)cc1. The van der Waals surface area contributed by atoms with Crippen LogP contribution in [-0.2, 0) is 11.4 Å². The molecule has 0 spiro atoms. The van der Waals surface area contributed by atoms with Crippen molar-refractivity contribution in [2.45, 2.75) is 6.61 Å². The van der Waals surface area contributed by atoms with Crippen LogP contribution >= 0.6 is 23.2 Å². The number of ether oxygens (including phenoxy) is 2. The lowest BCUT2D eigenvalue weighted by Crippen LogP contribution is -2.14. The number of non-ortho nitro benzene ring substituents is 1. The molecule has 10 heteroatoms. The number of carbonyl (C=O) groups excluding carboxylic acids is 1. The van der Waals surface area contributed by atoms with Gasteiger partial charge in [0, 0.05) is 27.7 Å². The fourth-order valence-corrected chi connectivity index (χ4v) is 3.34. The molecule has 0 bridgehead atoms. The molecule has 3 aromatic rings. The predicted molar refractivity (Wildman–Crippen MR) is 129 cm³/mol. The maximum Gasteiger partial charge on any atom is 0.271 e. The van der Waals surface area contributed by atoms with Crippen LogP contribution in [0.25, 0.3) is 6.08 Å². The van der Waals surface area contributed by atoms with Gasteiger partial charge in [-0.3, -0.25) is 14.9 Å². The van der Waals surface area contributed by atoms with Gasteiger partial charge in [-0.05, 0) is 42.0 Å². The van der Waals surface area contributed by atoms with E-state index in [9.17, 15) is 20.2 Å². The third-order valence-electron chi connectivity index (χ3n) is 4.61. The van der Waals surface area contributed by atoms with Crippen molar-refractivity contribution in [3.05, 3.63) is 97.5 Å². The van der Waals surface area contributed by atoms with Crippen LogP contribution in [-0.4, -0.2) is 17.9 Å². The summed E-state index contributed by atoms with van der Waals surface area (Å²) in [6, 6.07) is 17.5. The Kier molecular flexibility index (Phi) is 8.09. The first kappa shape index (κ1) is 24.6. The Labute approximate surface area is 205 Å². The van der Waals surface area contributed by atoms with Gasteiger partial charge >= 0.3 is 0 Å². The van der Waals surface area contributed by atoms with Gasteiger partial charge < -0.3 is 14.8 Å². The molecule has 0 aromatic heterocycles. The van der Waals surface area contributed by atoms with Crippen molar-refractivity contribution in [3.8, 4) is 17.6 Å². The lowest BCUT2D eigenvalue weighted by atomic mass is 10.1. The maximum absolute atomic E-state index is 12.6. The molecule has 0 unspecified atom stereocenters. The Morgan fingerprint density at radius 2 is 1.88 bits per heavy atom. The van der Waals surface area contributed by atoms with Crippen molar-refractivity contribution >= 4 is 46.6 Å². The molecule has 0 heterocycles. The number of nitrogens with one attached hydrogen (secondary N) is 1. The van der Waals surface area contributed by atoms with E-state index in [-0.39, 0.29) is 29.3 Å². The van der Waals surface area contributed by atoms with E-state index < -0.39 is 10.8 Å². The molecule has 8 nitrogen and oxygen atoms in total. The van der Waals surface area contributed by atoms with E-state index in [1.165, 1.54) is 25.3 Å². The molecule has 3 aromatic carbocycles. The second-order valence-corrected chi connectivity index (χ2v) is 7.70. The number of nitro benzene ring substituents is 1. The van der Waals surface area contributed by atoms with Gasteiger partial charge in [-0.25, -0.2) is 0 Å². The number of nitro groups is 1. The molecule has 172 valence electrons. The van der Waals surface area contributed by atoms with E-state index in [4.69, 9.17) is 32.7 Å². The number of benzene rings is 3. The molecular weight excluding hydrogens is 481 g/mol. The van der Waals surface area contributed by atoms with Gasteiger partial charge in [0.2, 0.25) is 0 Å². The smallest absolute Gasteiger partial charge is 0.271 e. The molecular formula is C24H17Cl2N3O5. The number of halogens is 2. The van der Waals surface area contributed by atoms with Crippen molar-refractivity contribution in [1.29, 1.82) is 5.26 Å². The fourth-order valence-electron chi connectivity index (χ4n) is 2.87. The summed E-state index contributed by atoms with van der Waals surface area (Å²) >= 11 is 12.0. The Hall–Kier alpha value is -4.06. The highest BCUT2D eigenvalue weighted by atomic mass is 35.5. The van der Waals surface area contributed by atoms with Crippen LogP contribution in [0.2, 0.25) is 10.0 Å². The summed E-state index contributed by atoms with van der Waals surface area (Å²) in [5.41, 5.74) is 1.00. The summed E-state index contributed by atoms with van der Waals surface area (Å²) in [5, 5.41) is 24.0. The first-order chi connectivity index (χ1) is 16.3. The third-order valence-corrected chi connectivity index (χ3v) is 5.19. The number of carbonyl (C=O) groups is 1. The summed E-state index contributed by atoms with van der Waals surface area (Å²) < 4.78 is 10.8. The molecule has 0 fully saturated rings. The predicted octanol–water partition coefficient (Wildman–Crippen LogP) is 6.03. The molecule has 0 aliphatic carbocycles. The average molecular weight is 498 g/mol. The summed E-state index contributed by atoms with van der Waals surface area (Å²) in [6.45, 7) is 0.238. The molecule has 0 aliphatic heterocycles. The first-order valence-electron chi connectivity index (χ1n) is 9.73. The van der Waals surface area contributed by atoms with Crippen LogP contribution in [0.5, 0.6) is 11.5 Å². The molecule has 1 amide bonds. The highest BCUT2D eigenvalue weighted by Gasteiger charge is 2.16. The van der Waals surface area contributed by atoms with Crippen LogP contribution in [0.1, 0.15) is 11.1 Å². The maximum atomic E-state index is 12.6. The van der Waals surface area contributed by atoms with E-state index in [0.29, 0.717) is 21.4 Å². The normalized spacial score (nSPS) is 10.8. The Bertz CT molecular complexity index is 1300.